The Morgan fingerprint density at radius 1 is 0.418 bits per heavy atom. The molecule has 0 amide bonds. The molecule has 79 heavy (non-hydrogen) atoms. The van der Waals surface area contributed by atoms with E-state index in [1.165, 1.54) is 7.11 Å². The molecular formula is C58H87NO20. The quantitative estimate of drug-likeness (QED) is 0.0192. The third kappa shape index (κ3) is 27.1. The van der Waals surface area contributed by atoms with E-state index in [1.54, 1.807) is 76.6 Å². The zero-order valence-corrected chi connectivity index (χ0v) is 47.7. The molecule has 3 aromatic carbocycles. The molecule has 4 aromatic rings. The number of ether oxygens (including phenoxy) is 18. The van der Waals surface area contributed by atoms with E-state index in [9.17, 15) is 9.59 Å². The lowest BCUT2D eigenvalue weighted by atomic mass is 10.0. The number of carbonyl (C=O) groups excluding carboxylic acids is 2. The summed E-state index contributed by atoms with van der Waals surface area (Å²) in [5.74, 6) is -0.0554. The number of hydrogen-bond donors (Lipinski definition) is 0. The van der Waals surface area contributed by atoms with Gasteiger partial charge in [-0.3, -0.25) is 0 Å². The lowest BCUT2D eigenvalue weighted by Crippen LogP contribution is -2.30. The van der Waals surface area contributed by atoms with Gasteiger partial charge in [0.25, 0.3) is 0 Å². The van der Waals surface area contributed by atoms with Crippen molar-refractivity contribution in [2.45, 2.75) is 52.7 Å². The van der Waals surface area contributed by atoms with Crippen LogP contribution in [0, 0.1) is 13.8 Å². The van der Waals surface area contributed by atoms with Crippen molar-refractivity contribution in [3.8, 4) is 17.2 Å². The first-order valence-electron chi connectivity index (χ1n) is 27.3. The van der Waals surface area contributed by atoms with Crippen molar-refractivity contribution in [1.29, 1.82) is 0 Å². The number of aryl methyl sites for hydroxylation is 2. The Kier molecular flexibility index (Phi) is 35.7. The third-order valence-electron chi connectivity index (χ3n) is 11.4. The molecule has 0 aliphatic rings. The molecule has 0 N–H and O–H groups in total. The summed E-state index contributed by atoms with van der Waals surface area (Å²) in [6.07, 6.45) is 0.723. The second kappa shape index (κ2) is 42.2. The fourth-order valence-corrected chi connectivity index (χ4v) is 7.57. The Morgan fingerprint density at radius 2 is 0.747 bits per heavy atom. The second-order valence-corrected chi connectivity index (χ2v) is 17.8. The van der Waals surface area contributed by atoms with Gasteiger partial charge in [0, 0.05) is 38.2 Å². The van der Waals surface area contributed by atoms with E-state index in [0.717, 1.165) is 12.8 Å². The molecule has 1 heterocycles. The summed E-state index contributed by atoms with van der Waals surface area (Å²) in [6, 6.07) is 13.9. The number of nitrogens with zero attached hydrogens (tertiary/aromatic N) is 1. The first kappa shape index (κ1) is 66.8. The van der Waals surface area contributed by atoms with E-state index in [4.69, 9.17) is 90.2 Å². The Bertz CT molecular complexity index is 2200. The molecule has 444 valence electrons. The van der Waals surface area contributed by atoms with E-state index in [2.05, 4.69) is 13.8 Å². The van der Waals surface area contributed by atoms with Crippen LogP contribution < -0.4 is 14.2 Å². The van der Waals surface area contributed by atoms with E-state index < -0.39 is 24.1 Å². The minimum atomic E-state index is -0.677. The number of pyridine rings is 1. The maximum atomic E-state index is 14.9. The minimum absolute atomic E-state index is 0.155. The van der Waals surface area contributed by atoms with E-state index in [1.807, 2.05) is 0 Å². The predicted octanol–water partition coefficient (Wildman–Crippen LogP) is 6.82. The summed E-state index contributed by atoms with van der Waals surface area (Å²) in [5.41, 5.74) is 2.65. The topological polar surface area (TPSA) is 213 Å². The van der Waals surface area contributed by atoms with Gasteiger partial charge in [0.1, 0.15) is 29.5 Å². The Labute approximate surface area is 466 Å². The van der Waals surface area contributed by atoms with Gasteiger partial charge in [-0.25, -0.2) is 14.6 Å². The highest BCUT2D eigenvalue weighted by Gasteiger charge is 2.24. The van der Waals surface area contributed by atoms with Crippen molar-refractivity contribution in [3.05, 3.63) is 70.8 Å². The summed E-state index contributed by atoms with van der Waals surface area (Å²) in [4.78, 5) is 32.4. The number of aromatic nitrogens is 1. The molecule has 1 aromatic heterocycles. The van der Waals surface area contributed by atoms with E-state index >= 15 is 0 Å². The number of carbonyl (C=O) groups is 2. The molecule has 0 saturated heterocycles. The van der Waals surface area contributed by atoms with Gasteiger partial charge in [-0.1, -0.05) is 13.8 Å². The van der Waals surface area contributed by atoms with Crippen LogP contribution in [0.3, 0.4) is 0 Å². The molecule has 4 rings (SSSR count). The summed E-state index contributed by atoms with van der Waals surface area (Å²) >= 11 is 0. The summed E-state index contributed by atoms with van der Waals surface area (Å²) < 4.78 is 103. The Balaban J connectivity index is 1.63. The fraction of sp³-hybridized carbons (Fsp3) is 0.638. The monoisotopic (exact) mass is 1120 g/mol. The molecule has 21 nitrogen and oxygen atoms in total. The predicted molar refractivity (Wildman–Crippen MR) is 294 cm³/mol. The smallest absolute Gasteiger partial charge is 0.344 e. The number of benzene rings is 3. The largest absolute Gasteiger partial charge is 0.486 e. The van der Waals surface area contributed by atoms with Gasteiger partial charge in [-0.2, -0.15) is 0 Å². The van der Waals surface area contributed by atoms with Crippen LogP contribution in [0.25, 0.3) is 21.8 Å². The van der Waals surface area contributed by atoms with Crippen LogP contribution in [0.1, 0.15) is 58.5 Å². The van der Waals surface area contributed by atoms with Crippen LogP contribution in [-0.4, -0.2) is 222 Å². The second-order valence-electron chi connectivity index (χ2n) is 17.8. The van der Waals surface area contributed by atoms with Gasteiger partial charge in [0.2, 0.25) is 0 Å². The average molecular weight is 1120 g/mol. The van der Waals surface area contributed by atoms with Crippen molar-refractivity contribution < 1.29 is 94.9 Å². The minimum Gasteiger partial charge on any atom is -0.486 e. The lowest BCUT2D eigenvalue weighted by Gasteiger charge is -2.21. The highest BCUT2D eigenvalue weighted by Crippen LogP contribution is 2.34. The lowest BCUT2D eigenvalue weighted by molar-refractivity contribution is -0.0406. The molecule has 0 fully saturated rings. The highest BCUT2D eigenvalue weighted by atomic mass is 16.6. The molecule has 0 spiro atoms. The van der Waals surface area contributed by atoms with Crippen molar-refractivity contribution in [2.24, 2.45) is 0 Å². The van der Waals surface area contributed by atoms with Crippen molar-refractivity contribution >= 4 is 33.7 Å². The molecule has 0 aliphatic carbocycles. The van der Waals surface area contributed by atoms with Crippen LogP contribution in [0.4, 0.5) is 0 Å². The van der Waals surface area contributed by atoms with E-state index in [0.29, 0.717) is 201 Å². The maximum Gasteiger partial charge on any atom is 0.344 e. The fourth-order valence-electron chi connectivity index (χ4n) is 7.57. The van der Waals surface area contributed by atoms with Crippen LogP contribution >= 0.6 is 0 Å². The third-order valence-corrected chi connectivity index (χ3v) is 11.4. The van der Waals surface area contributed by atoms with Gasteiger partial charge < -0.3 is 85.3 Å². The van der Waals surface area contributed by atoms with Gasteiger partial charge in [0.15, 0.2) is 0 Å². The summed E-state index contributed by atoms with van der Waals surface area (Å²) in [5, 5.41) is 0.892. The van der Waals surface area contributed by atoms with Crippen LogP contribution in [0.2, 0.25) is 0 Å². The van der Waals surface area contributed by atoms with Gasteiger partial charge in [0.05, 0.1) is 188 Å². The average Bonchev–Trinajstić information content (AvgIpc) is 3.45. The van der Waals surface area contributed by atoms with Gasteiger partial charge >= 0.3 is 11.9 Å². The van der Waals surface area contributed by atoms with E-state index in [-0.39, 0.29) is 32.0 Å². The van der Waals surface area contributed by atoms with Crippen LogP contribution in [0.15, 0.2) is 48.5 Å². The molecule has 21 heteroatoms. The maximum absolute atomic E-state index is 14.9. The molecule has 0 unspecified atom stereocenters. The SMILES string of the molecule is CCCOCCOCCOCC(COCCOCCOCCC)Oc1ccc2nc3ccc(OC(COCCOCCOCCOC)COCCOCCOCCOC)cc3c(C(=O)Oc3c(C)cc(C(=O)OC)cc3C)c2c1. The van der Waals surface area contributed by atoms with Crippen molar-refractivity contribution in [3.63, 3.8) is 0 Å². The number of fused-ring (bicyclic) bond motifs is 2. The molecule has 0 saturated carbocycles. The zero-order chi connectivity index (χ0) is 56.6. The molecule has 0 aliphatic heterocycles. The Morgan fingerprint density at radius 3 is 1.08 bits per heavy atom. The van der Waals surface area contributed by atoms with Crippen molar-refractivity contribution in [2.75, 3.05) is 193 Å². The van der Waals surface area contributed by atoms with Gasteiger partial charge in [-0.15, -0.1) is 0 Å². The molecule has 0 bridgehead atoms. The highest BCUT2D eigenvalue weighted by molar-refractivity contribution is 6.15. The molecular weight excluding hydrogens is 1030 g/mol. The molecule has 0 radical (unpaired) electrons. The van der Waals surface area contributed by atoms with Crippen LogP contribution in [0.5, 0.6) is 17.2 Å². The standard InChI is InChI=1S/C58H87NO20/c1-8-14-65-20-22-69-28-32-73-40-49(41-74-33-29-70-23-21-66-15-9-2)77-47-10-12-53-51(38-47)55(58(61)79-56-44(3)36-46(37-45(56)4)57(60)64-7)52-39-48(11-13-54(52)59-53)78-50(42-75-34-30-71-26-24-67-18-16-62-5)43-76-35-31-72-27-25-68-19-17-63-6/h10-13,36-39,49-50H,8-9,14-35,40-43H2,1-7H3. The number of esters is 2. The Hall–Kier alpha value is -4.69. The van der Waals surface area contributed by atoms with Gasteiger partial charge in [-0.05, 0) is 86.3 Å². The van der Waals surface area contributed by atoms with Crippen LogP contribution in [-0.2, 0) is 71.1 Å². The number of methoxy groups -OCH3 is 3. The normalized spacial score (nSPS) is 11.7. The first-order chi connectivity index (χ1) is 38.7. The zero-order valence-electron chi connectivity index (χ0n) is 47.7. The number of hydrogen-bond acceptors (Lipinski definition) is 21. The molecule has 0 atom stereocenters. The summed E-state index contributed by atoms with van der Waals surface area (Å²) in [6.45, 7) is 17.9. The first-order valence-corrected chi connectivity index (χ1v) is 27.3. The summed E-state index contributed by atoms with van der Waals surface area (Å²) in [7, 11) is 4.56. The van der Waals surface area contributed by atoms with Crippen molar-refractivity contribution in [1.82, 2.24) is 4.98 Å². The number of rotatable bonds is 49.